The molecule has 0 amide bonds. The SMILES string of the molecule is CCCCC=C(CCCCC)CCCCC. The fraction of sp³-hybridized carbons (Fsp3) is 0.875. The van der Waals surface area contributed by atoms with E-state index in [2.05, 4.69) is 26.8 Å². The zero-order chi connectivity index (χ0) is 12.1. The Morgan fingerprint density at radius 3 is 1.62 bits per heavy atom. The maximum absolute atomic E-state index is 2.54. The lowest BCUT2D eigenvalue weighted by Gasteiger charge is -2.07. The maximum atomic E-state index is 2.54. The van der Waals surface area contributed by atoms with Crippen LogP contribution in [0.5, 0.6) is 0 Å². The number of rotatable bonds is 11. The standard InChI is InChI=1S/C16H32/c1-4-7-10-13-16(14-11-8-5-2)15-12-9-6-3/h13H,4-12,14-15H2,1-3H3. The Morgan fingerprint density at radius 2 is 1.19 bits per heavy atom. The van der Waals surface area contributed by atoms with Crippen molar-refractivity contribution in [2.24, 2.45) is 0 Å². The van der Waals surface area contributed by atoms with Crippen LogP contribution >= 0.6 is 0 Å². The summed E-state index contributed by atoms with van der Waals surface area (Å²) in [7, 11) is 0. The van der Waals surface area contributed by atoms with Crippen molar-refractivity contribution in [1.29, 1.82) is 0 Å². The Balaban J connectivity index is 3.79. The fourth-order valence-corrected chi connectivity index (χ4v) is 2.04. The monoisotopic (exact) mass is 224 g/mol. The molecule has 0 spiro atoms. The predicted molar refractivity (Wildman–Crippen MR) is 75.9 cm³/mol. The molecule has 0 aliphatic rings. The first-order chi connectivity index (χ1) is 7.85. The van der Waals surface area contributed by atoms with E-state index in [4.69, 9.17) is 0 Å². The van der Waals surface area contributed by atoms with Gasteiger partial charge in [-0.1, -0.05) is 70.9 Å². The molecule has 0 heterocycles. The van der Waals surface area contributed by atoms with E-state index in [1.165, 1.54) is 70.6 Å². The van der Waals surface area contributed by atoms with E-state index in [9.17, 15) is 0 Å². The number of hydrogen-bond acceptors (Lipinski definition) is 0. The minimum Gasteiger partial charge on any atom is -0.0853 e. The molecule has 0 N–H and O–H groups in total. The average molecular weight is 224 g/mol. The van der Waals surface area contributed by atoms with Crippen LogP contribution in [0.15, 0.2) is 11.6 Å². The van der Waals surface area contributed by atoms with Crippen LogP contribution < -0.4 is 0 Å². The Bertz CT molecular complexity index is 143. The fourth-order valence-electron chi connectivity index (χ4n) is 2.04. The Hall–Kier alpha value is -0.260. The van der Waals surface area contributed by atoms with Crippen LogP contribution in [0.25, 0.3) is 0 Å². The first kappa shape index (κ1) is 15.7. The van der Waals surface area contributed by atoms with E-state index in [0.717, 1.165) is 0 Å². The second-order valence-corrected chi connectivity index (χ2v) is 4.92. The van der Waals surface area contributed by atoms with E-state index in [1.54, 1.807) is 5.57 Å². The van der Waals surface area contributed by atoms with E-state index in [-0.39, 0.29) is 0 Å². The van der Waals surface area contributed by atoms with Gasteiger partial charge in [0.2, 0.25) is 0 Å². The van der Waals surface area contributed by atoms with Crippen LogP contribution in [-0.2, 0) is 0 Å². The molecule has 0 aromatic carbocycles. The van der Waals surface area contributed by atoms with Gasteiger partial charge in [-0.3, -0.25) is 0 Å². The molecule has 0 aromatic heterocycles. The van der Waals surface area contributed by atoms with Crippen LogP contribution in [0.1, 0.15) is 91.4 Å². The van der Waals surface area contributed by atoms with Crippen molar-refractivity contribution in [1.82, 2.24) is 0 Å². The second-order valence-electron chi connectivity index (χ2n) is 4.92. The van der Waals surface area contributed by atoms with Crippen molar-refractivity contribution in [3.8, 4) is 0 Å². The van der Waals surface area contributed by atoms with Gasteiger partial charge in [0.05, 0.1) is 0 Å². The van der Waals surface area contributed by atoms with Crippen molar-refractivity contribution in [2.45, 2.75) is 91.4 Å². The molecule has 0 heteroatoms. The van der Waals surface area contributed by atoms with Gasteiger partial charge in [-0.2, -0.15) is 0 Å². The smallest absolute Gasteiger partial charge is 0.0320 e. The molecule has 0 aliphatic carbocycles. The topological polar surface area (TPSA) is 0 Å². The van der Waals surface area contributed by atoms with Gasteiger partial charge in [-0.25, -0.2) is 0 Å². The van der Waals surface area contributed by atoms with Gasteiger partial charge >= 0.3 is 0 Å². The summed E-state index contributed by atoms with van der Waals surface area (Å²) in [4.78, 5) is 0. The summed E-state index contributed by atoms with van der Waals surface area (Å²) in [6.45, 7) is 6.86. The average Bonchev–Trinajstić information content (AvgIpc) is 2.29. The van der Waals surface area contributed by atoms with Gasteiger partial charge in [0.1, 0.15) is 0 Å². The summed E-state index contributed by atoms with van der Waals surface area (Å²) in [5.74, 6) is 0. The third-order valence-corrected chi connectivity index (χ3v) is 3.19. The first-order valence-corrected chi connectivity index (χ1v) is 7.53. The highest BCUT2D eigenvalue weighted by atomic mass is 14.0. The lowest BCUT2D eigenvalue weighted by Crippen LogP contribution is -1.87. The molecule has 0 aliphatic heterocycles. The van der Waals surface area contributed by atoms with Crippen LogP contribution in [0.3, 0.4) is 0 Å². The van der Waals surface area contributed by atoms with E-state index in [0.29, 0.717) is 0 Å². The molecule has 0 atom stereocenters. The van der Waals surface area contributed by atoms with Crippen LogP contribution in [0.4, 0.5) is 0 Å². The Kier molecular flexibility index (Phi) is 12.6. The van der Waals surface area contributed by atoms with Gasteiger partial charge in [0, 0.05) is 0 Å². The summed E-state index contributed by atoms with van der Waals surface area (Å²) in [5, 5.41) is 0. The van der Waals surface area contributed by atoms with E-state index < -0.39 is 0 Å². The highest BCUT2D eigenvalue weighted by Crippen LogP contribution is 2.17. The molecule has 16 heavy (non-hydrogen) atoms. The minimum absolute atomic E-state index is 1.31. The van der Waals surface area contributed by atoms with Gasteiger partial charge < -0.3 is 0 Å². The molecular weight excluding hydrogens is 192 g/mol. The van der Waals surface area contributed by atoms with Crippen LogP contribution in [0.2, 0.25) is 0 Å². The molecule has 0 bridgehead atoms. The highest BCUT2D eigenvalue weighted by molar-refractivity contribution is 5.01. The third kappa shape index (κ3) is 10.3. The first-order valence-electron chi connectivity index (χ1n) is 7.53. The van der Waals surface area contributed by atoms with Gasteiger partial charge in [0.15, 0.2) is 0 Å². The molecule has 0 radical (unpaired) electrons. The Labute approximate surface area is 104 Å². The van der Waals surface area contributed by atoms with Gasteiger partial charge in [-0.05, 0) is 32.1 Å². The second kappa shape index (κ2) is 12.8. The van der Waals surface area contributed by atoms with Crippen molar-refractivity contribution < 1.29 is 0 Å². The summed E-state index contributed by atoms with van der Waals surface area (Å²) in [6, 6.07) is 0. The van der Waals surface area contributed by atoms with Crippen LogP contribution in [-0.4, -0.2) is 0 Å². The predicted octanol–water partition coefficient (Wildman–Crippen LogP) is 6.26. The zero-order valence-electron chi connectivity index (χ0n) is 11.9. The molecular formula is C16H32. The quantitative estimate of drug-likeness (QED) is 0.287. The van der Waals surface area contributed by atoms with Crippen LogP contribution in [0, 0.1) is 0 Å². The molecule has 0 fully saturated rings. The third-order valence-electron chi connectivity index (χ3n) is 3.19. The maximum Gasteiger partial charge on any atom is -0.0320 e. The molecule has 0 rings (SSSR count). The van der Waals surface area contributed by atoms with Gasteiger partial charge in [0.25, 0.3) is 0 Å². The number of hydrogen-bond donors (Lipinski definition) is 0. The van der Waals surface area contributed by atoms with E-state index in [1.807, 2.05) is 0 Å². The van der Waals surface area contributed by atoms with E-state index >= 15 is 0 Å². The normalized spacial score (nSPS) is 10.4. The molecule has 96 valence electrons. The highest BCUT2D eigenvalue weighted by Gasteiger charge is 1.97. The summed E-state index contributed by atoms with van der Waals surface area (Å²) in [5.41, 5.74) is 1.75. The number of unbranched alkanes of at least 4 members (excludes halogenated alkanes) is 6. The summed E-state index contributed by atoms with van der Waals surface area (Å²) < 4.78 is 0. The molecule has 0 unspecified atom stereocenters. The largest absolute Gasteiger partial charge is 0.0853 e. The van der Waals surface area contributed by atoms with Crippen molar-refractivity contribution in [2.75, 3.05) is 0 Å². The summed E-state index contributed by atoms with van der Waals surface area (Å²) >= 11 is 0. The minimum atomic E-state index is 1.31. The molecule has 0 saturated heterocycles. The zero-order valence-corrected chi connectivity index (χ0v) is 11.9. The van der Waals surface area contributed by atoms with Crippen molar-refractivity contribution in [3.05, 3.63) is 11.6 Å². The number of allylic oxidation sites excluding steroid dienone is 2. The summed E-state index contributed by atoms with van der Waals surface area (Å²) in [6.07, 6.45) is 17.6. The lowest BCUT2D eigenvalue weighted by atomic mass is 9.99. The molecule has 0 saturated carbocycles. The van der Waals surface area contributed by atoms with Crippen molar-refractivity contribution in [3.63, 3.8) is 0 Å². The van der Waals surface area contributed by atoms with Crippen molar-refractivity contribution >= 4 is 0 Å². The lowest BCUT2D eigenvalue weighted by molar-refractivity contribution is 0.654. The molecule has 0 aromatic rings. The molecule has 0 nitrogen and oxygen atoms in total. The van der Waals surface area contributed by atoms with Gasteiger partial charge in [-0.15, -0.1) is 0 Å². The Morgan fingerprint density at radius 1 is 0.688 bits per heavy atom.